The number of hydrogen-bond acceptors (Lipinski definition) is 5. The smallest absolute Gasteiger partial charge is 0.231 e. The molecule has 2 heterocycles. The van der Waals surface area contributed by atoms with Gasteiger partial charge >= 0.3 is 0 Å². The Morgan fingerprint density at radius 3 is 2.65 bits per heavy atom. The predicted octanol–water partition coefficient (Wildman–Crippen LogP) is 2.43. The van der Waals surface area contributed by atoms with Crippen molar-refractivity contribution in [3.8, 4) is 28.4 Å². The van der Waals surface area contributed by atoms with Crippen molar-refractivity contribution >= 4 is 0 Å². The molecule has 6 nitrogen and oxygen atoms in total. The van der Waals surface area contributed by atoms with E-state index in [4.69, 9.17) is 15.2 Å². The topological polar surface area (TPSA) is 75.2 Å². The lowest BCUT2D eigenvalue weighted by Crippen LogP contribution is -2.02. The molecule has 2 aromatic carbocycles. The van der Waals surface area contributed by atoms with E-state index >= 15 is 0 Å². The zero-order chi connectivity index (χ0) is 15.8. The molecule has 0 amide bonds. The molecule has 2 N–H and O–H groups in total. The normalized spacial score (nSPS) is 12.6. The Bertz CT molecular complexity index is 856. The molecule has 4 rings (SSSR count). The van der Waals surface area contributed by atoms with Crippen molar-refractivity contribution in [3.63, 3.8) is 0 Å². The van der Waals surface area contributed by atoms with Crippen LogP contribution in [0.1, 0.15) is 11.3 Å². The third kappa shape index (κ3) is 2.33. The molecule has 1 aliphatic heterocycles. The summed E-state index contributed by atoms with van der Waals surface area (Å²) in [5.74, 6) is 1.45. The quantitative estimate of drug-likeness (QED) is 0.804. The number of aryl methyl sites for hydroxylation is 1. The summed E-state index contributed by atoms with van der Waals surface area (Å²) >= 11 is 0. The summed E-state index contributed by atoms with van der Waals surface area (Å²) in [6.07, 6.45) is 0. The number of nitrogens with zero attached hydrogens (tertiary/aromatic N) is 3. The lowest BCUT2D eigenvalue weighted by Gasteiger charge is -2.09. The second-order valence-corrected chi connectivity index (χ2v) is 5.40. The number of rotatable bonds is 3. The maximum absolute atomic E-state index is 5.84. The summed E-state index contributed by atoms with van der Waals surface area (Å²) in [7, 11) is 0. The van der Waals surface area contributed by atoms with E-state index < -0.39 is 0 Å². The number of hydrogen-bond donors (Lipinski definition) is 1. The summed E-state index contributed by atoms with van der Waals surface area (Å²) in [6.45, 7) is 2.63. The fourth-order valence-electron chi connectivity index (χ4n) is 2.65. The van der Waals surface area contributed by atoms with Gasteiger partial charge in [-0.15, -0.1) is 5.10 Å². The van der Waals surface area contributed by atoms with Gasteiger partial charge in [-0.3, -0.25) is 0 Å². The molecule has 0 aliphatic carbocycles. The Balaban J connectivity index is 1.86. The van der Waals surface area contributed by atoms with Crippen molar-refractivity contribution in [2.45, 2.75) is 13.5 Å². The van der Waals surface area contributed by atoms with Crippen LogP contribution in [0.3, 0.4) is 0 Å². The van der Waals surface area contributed by atoms with Gasteiger partial charge in [0.2, 0.25) is 6.79 Å². The Hall–Kier alpha value is -2.86. The van der Waals surface area contributed by atoms with Gasteiger partial charge in [-0.2, -0.15) is 0 Å². The summed E-state index contributed by atoms with van der Waals surface area (Å²) in [4.78, 5) is 0. The minimum absolute atomic E-state index is 0.245. The van der Waals surface area contributed by atoms with Gasteiger partial charge in [-0.1, -0.05) is 35.0 Å². The van der Waals surface area contributed by atoms with Crippen LogP contribution >= 0.6 is 0 Å². The number of ether oxygens (including phenoxy) is 2. The third-order valence-corrected chi connectivity index (χ3v) is 3.86. The van der Waals surface area contributed by atoms with Gasteiger partial charge in [-0.05, 0) is 19.1 Å². The molecule has 0 radical (unpaired) electrons. The van der Waals surface area contributed by atoms with E-state index in [1.807, 2.05) is 18.2 Å². The molecule has 1 aromatic heterocycles. The largest absolute Gasteiger partial charge is 0.454 e. The molecule has 0 saturated heterocycles. The van der Waals surface area contributed by atoms with Crippen LogP contribution in [-0.2, 0) is 6.54 Å². The van der Waals surface area contributed by atoms with Gasteiger partial charge in [-0.25, -0.2) is 4.68 Å². The average Bonchev–Trinajstić information content (AvgIpc) is 3.21. The molecule has 0 fully saturated rings. The number of nitrogens with two attached hydrogens (primary N) is 1. The molecule has 0 bridgehead atoms. The SMILES string of the molecule is Cc1ccc(-c2c(CN)nnn2-c2ccc3c(c2)OCO3)cc1. The van der Waals surface area contributed by atoms with E-state index in [0.29, 0.717) is 12.3 Å². The maximum atomic E-state index is 5.84. The van der Waals surface area contributed by atoms with Crippen molar-refractivity contribution in [3.05, 3.63) is 53.7 Å². The van der Waals surface area contributed by atoms with Crippen molar-refractivity contribution in [1.82, 2.24) is 15.0 Å². The summed E-state index contributed by atoms with van der Waals surface area (Å²) in [5.41, 5.74) is 10.6. The average molecular weight is 308 g/mol. The standard InChI is InChI=1S/C17H16N4O2/c1-11-2-4-12(5-3-11)17-14(9-18)19-20-21(17)13-6-7-15-16(8-13)23-10-22-15/h2-8H,9-10,18H2,1H3. The first kappa shape index (κ1) is 13.8. The van der Waals surface area contributed by atoms with E-state index in [-0.39, 0.29) is 6.79 Å². The molecular formula is C17H16N4O2. The van der Waals surface area contributed by atoms with Crippen LogP contribution in [0.4, 0.5) is 0 Å². The lowest BCUT2D eigenvalue weighted by atomic mass is 10.1. The molecule has 3 aromatic rings. The van der Waals surface area contributed by atoms with Gasteiger partial charge in [0.15, 0.2) is 11.5 Å². The Labute approximate surface area is 133 Å². The van der Waals surface area contributed by atoms with Crippen molar-refractivity contribution in [1.29, 1.82) is 0 Å². The summed E-state index contributed by atoms with van der Waals surface area (Å²) in [6, 6.07) is 13.9. The van der Waals surface area contributed by atoms with Crippen LogP contribution in [0.2, 0.25) is 0 Å². The highest BCUT2D eigenvalue weighted by atomic mass is 16.7. The fraction of sp³-hybridized carbons (Fsp3) is 0.176. The highest BCUT2D eigenvalue weighted by Gasteiger charge is 2.19. The van der Waals surface area contributed by atoms with Crippen LogP contribution in [0.15, 0.2) is 42.5 Å². The first-order valence-electron chi connectivity index (χ1n) is 7.38. The van der Waals surface area contributed by atoms with Crippen LogP contribution in [-0.4, -0.2) is 21.8 Å². The van der Waals surface area contributed by atoms with Gasteiger partial charge in [0.25, 0.3) is 0 Å². The van der Waals surface area contributed by atoms with E-state index in [2.05, 4.69) is 41.5 Å². The molecule has 0 spiro atoms. The second-order valence-electron chi connectivity index (χ2n) is 5.40. The number of benzene rings is 2. The molecule has 0 unspecified atom stereocenters. The maximum Gasteiger partial charge on any atom is 0.231 e. The zero-order valence-electron chi connectivity index (χ0n) is 12.7. The molecule has 6 heteroatoms. The van der Waals surface area contributed by atoms with Crippen molar-refractivity contribution in [2.24, 2.45) is 5.73 Å². The van der Waals surface area contributed by atoms with Crippen LogP contribution in [0.25, 0.3) is 16.9 Å². The van der Waals surface area contributed by atoms with E-state index in [1.165, 1.54) is 5.56 Å². The summed E-state index contributed by atoms with van der Waals surface area (Å²) < 4.78 is 12.6. The van der Waals surface area contributed by atoms with E-state index in [0.717, 1.165) is 28.4 Å². The Morgan fingerprint density at radius 2 is 1.87 bits per heavy atom. The van der Waals surface area contributed by atoms with E-state index in [1.54, 1.807) is 4.68 Å². The molecular weight excluding hydrogens is 292 g/mol. The van der Waals surface area contributed by atoms with E-state index in [9.17, 15) is 0 Å². The summed E-state index contributed by atoms with van der Waals surface area (Å²) in [5, 5.41) is 8.49. The Morgan fingerprint density at radius 1 is 1.09 bits per heavy atom. The highest BCUT2D eigenvalue weighted by molar-refractivity contribution is 5.65. The first-order valence-corrected chi connectivity index (χ1v) is 7.38. The van der Waals surface area contributed by atoms with Crippen molar-refractivity contribution in [2.75, 3.05) is 6.79 Å². The Kier molecular flexibility index (Phi) is 3.24. The second kappa shape index (κ2) is 5.40. The van der Waals surface area contributed by atoms with Gasteiger partial charge in [0, 0.05) is 18.2 Å². The molecule has 23 heavy (non-hydrogen) atoms. The monoisotopic (exact) mass is 308 g/mol. The number of aromatic nitrogens is 3. The van der Waals surface area contributed by atoms with Crippen molar-refractivity contribution < 1.29 is 9.47 Å². The van der Waals surface area contributed by atoms with Gasteiger partial charge < -0.3 is 15.2 Å². The third-order valence-electron chi connectivity index (χ3n) is 3.86. The highest BCUT2D eigenvalue weighted by Crippen LogP contribution is 2.35. The van der Waals surface area contributed by atoms with Gasteiger partial charge in [0.1, 0.15) is 5.69 Å². The zero-order valence-corrected chi connectivity index (χ0v) is 12.7. The molecule has 0 atom stereocenters. The fourth-order valence-corrected chi connectivity index (χ4v) is 2.65. The molecule has 1 aliphatic rings. The van der Waals surface area contributed by atoms with Crippen LogP contribution in [0.5, 0.6) is 11.5 Å². The first-order chi connectivity index (χ1) is 11.3. The molecule has 0 saturated carbocycles. The van der Waals surface area contributed by atoms with Crippen LogP contribution < -0.4 is 15.2 Å². The molecule has 116 valence electrons. The van der Waals surface area contributed by atoms with Gasteiger partial charge in [0.05, 0.1) is 11.4 Å². The number of fused-ring (bicyclic) bond motifs is 1. The minimum atomic E-state index is 0.245. The minimum Gasteiger partial charge on any atom is -0.454 e. The van der Waals surface area contributed by atoms with Crippen LogP contribution in [0, 0.1) is 6.92 Å². The lowest BCUT2D eigenvalue weighted by molar-refractivity contribution is 0.174. The predicted molar refractivity (Wildman–Crippen MR) is 85.5 cm³/mol.